The van der Waals surface area contributed by atoms with E-state index >= 15 is 0 Å². The summed E-state index contributed by atoms with van der Waals surface area (Å²) in [6, 6.07) is 8.33. The van der Waals surface area contributed by atoms with Crippen LogP contribution in [-0.4, -0.2) is 28.8 Å². The van der Waals surface area contributed by atoms with Crippen LogP contribution >= 0.6 is 0 Å². The van der Waals surface area contributed by atoms with Gasteiger partial charge in [-0.3, -0.25) is 9.48 Å². The summed E-state index contributed by atoms with van der Waals surface area (Å²) in [4.78, 5) is 23.7. The van der Waals surface area contributed by atoms with Gasteiger partial charge in [-0.25, -0.2) is 4.79 Å². The van der Waals surface area contributed by atoms with Crippen LogP contribution < -0.4 is 5.32 Å². The van der Waals surface area contributed by atoms with Crippen molar-refractivity contribution in [2.45, 2.75) is 6.92 Å². The second-order valence-corrected chi connectivity index (χ2v) is 4.29. The number of para-hydroxylation sites is 1. The van der Waals surface area contributed by atoms with Gasteiger partial charge in [0.2, 0.25) is 0 Å². The van der Waals surface area contributed by atoms with Crippen molar-refractivity contribution in [2.75, 3.05) is 12.4 Å². The molecule has 0 aliphatic carbocycles. The van der Waals surface area contributed by atoms with Crippen molar-refractivity contribution in [3.8, 4) is 0 Å². The van der Waals surface area contributed by atoms with Gasteiger partial charge < -0.3 is 10.1 Å². The van der Waals surface area contributed by atoms with Gasteiger partial charge in [0.1, 0.15) is 0 Å². The number of esters is 1. The third kappa shape index (κ3) is 2.69. The van der Waals surface area contributed by atoms with Gasteiger partial charge in [0, 0.05) is 12.7 Å². The highest BCUT2D eigenvalue weighted by atomic mass is 16.5. The zero-order valence-electron chi connectivity index (χ0n) is 11.5. The first-order valence-corrected chi connectivity index (χ1v) is 6.02. The van der Waals surface area contributed by atoms with E-state index in [1.54, 1.807) is 42.1 Å². The number of aromatic nitrogens is 2. The molecule has 0 saturated carbocycles. The number of aryl methyl sites for hydroxylation is 2. The number of anilines is 1. The van der Waals surface area contributed by atoms with Crippen LogP contribution in [0.15, 0.2) is 30.3 Å². The fourth-order valence-corrected chi connectivity index (χ4v) is 1.74. The maximum atomic E-state index is 12.1. The highest BCUT2D eigenvalue weighted by molar-refractivity contribution is 6.07. The SMILES string of the molecule is COC(=O)c1ccccc1NC(=O)c1cc(C)n(C)n1. The first-order chi connectivity index (χ1) is 9.52. The maximum absolute atomic E-state index is 12.1. The Bertz CT molecular complexity index is 642. The Morgan fingerprint density at radius 2 is 2.00 bits per heavy atom. The van der Waals surface area contributed by atoms with Gasteiger partial charge in [-0.1, -0.05) is 12.1 Å². The van der Waals surface area contributed by atoms with Crippen molar-refractivity contribution in [1.82, 2.24) is 9.78 Å². The Kier molecular flexibility index (Phi) is 3.84. The van der Waals surface area contributed by atoms with Crippen LogP contribution in [0.5, 0.6) is 0 Å². The summed E-state index contributed by atoms with van der Waals surface area (Å²) >= 11 is 0. The molecule has 6 heteroatoms. The van der Waals surface area contributed by atoms with Crippen LogP contribution in [0, 0.1) is 6.92 Å². The summed E-state index contributed by atoms with van der Waals surface area (Å²) in [5.41, 5.74) is 1.87. The lowest BCUT2D eigenvalue weighted by atomic mass is 10.1. The number of ether oxygens (including phenoxy) is 1. The number of carbonyl (C=O) groups excluding carboxylic acids is 2. The van der Waals surface area contributed by atoms with Crippen LogP contribution in [0.4, 0.5) is 5.69 Å². The number of nitrogens with one attached hydrogen (secondary N) is 1. The summed E-state index contributed by atoms with van der Waals surface area (Å²) in [5.74, 6) is -0.872. The molecule has 2 rings (SSSR count). The first-order valence-electron chi connectivity index (χ1n) is 6.02. The molecule has 0 saturated heterocycles. The molecule has 0 atom stereocenters. The first kappa shape index (κ1) is 13.8. The second-order valence-electron chi connectivity index (χ2n) is 4.29. The lowest BCUT2D eigenvalue weighted by Gasteiger charge is -2.08. The van der Waals surface area contributed by atoms with Gasteiger partial charge in [0.15, 0.2) is 5.69 Å². The quantitative estimate of drug-likeness (QED) is 0.865. The highest BCUT2D eigenvalue weighted by Crippen LogP contribution is 2.17. The molecule has 104 valence electrons. The minimum Gasteiger partial charge on any atom is -0.465 e. The summed E-state index contributed by atoms with van der Waals surface area (Å²) < 4.78 is 6.29. The predicted octanol–water partition coefficient (Wildman–Crippen LogP) is 1.77. The predicted molar refractivity (Wildman–Crippen MR) is 73.7 cm³/mol. The van der Waals surface area contributed by atoms with Gasteiger partial charge in [-0.05, 0) is 25.1 Å². The Balaban J connectivity index is 2.26. The van der Waals surface area contributed by atoms with Crippen molar-refractivity contribution in [2.24, 2.45) is 7.05 Å². The Morgan fingerprint density at radius 1 is 1.30 bits per heavy atom. The number of rotatable bonds is 3. The number of nitrogens with zero attached hydrogens (tertiary/aromatic N) is 2. The average molecular weight is 273 g/mol. The summed E-state index contributed by atoms with van der Waals surface area (Å²) in [5, 5.41) is 6.76. The van der Waals surface area contributed by atoms with Crippen molar-refractivity contribution in [3.63, 3.8) is 0 Å². The van der Waals surface area contributed by atoms with E-state index in [9.17, 15) is 9.59 Å². The molecular weight excluding hydrogens is 258 g/mol. The largest absolute Gasteiger partial charge is 0.465 e. The van der Waals surface area contributed by atoms with Crippen molar-refractivity contribution in [1.29, 1.82) is 0 Å². The van der Waals surface area contributed by atoms with Crippen LogP contribution in [0.25, 0.3) is 0 Å². The molecule has 1 heterocycles. The zero-order chi connectivity index (χ0) is 14.7. The van der Waals surface area contributed by atoms with E-state index in [2.05, 4.69) is 15.2 Å². The molecule has 6 nitrogen and oxygen atoms in total. The topological polar surface area (TPSA) is 73.2 Å². The van der Waals surface area contributed by atoms with E-state index in [0.29, 0.717) is 16.9 Å². The van der Waals surface area contributed by atoms with Gasteiger partial charge in [0.05, 0.1) is 18.4 Å². The number of methoxy groups -OCH3 is 1. The molecule has 20 heavy (non-hydrogen) atoms. The molecule has 1 aromatic heterocycles. The standard InChI is InChI=1S/C14H15N3O3/c1-9-8-12(16-17(9)2)13(18)15-11-7-5-4-6-10(11)14(19)20-3/h4-8H,1-3H3,(H,15,18). The molecule has 0 radical (unpaired) electrons. The van der Waals surface area contributed by atoms with Crippen LogP contribution in [-0.2, 0) is 11.8 Å². The number of benzene rings is 1. The minimum absolute atomic E-state index is 0.296. The molecule has 0 fully saturated rings. The third-order valence-electron chi connectivity index (χ3n) is 2.93. The van der Waals surface area contributed by atoms with Gasteiger partial charge in [-0.2, -0.15) is 5.10 Å². The van der Waals surface area contributed by atoms with Crippen molar-refractivity contribution >= 4 is 17.6 Å². The smallest absolute Gasteiger partial charge is 0.339 e. The fraction of sp³-hybridized carbons (Fsp3) is 0.214. The van der Waals surface area contributed by atoms with Gasteiger partial charge in [0.25, 0.3) is 5.91 Å². The maximum Gasteiger partial charge on any atom is 0.339 e. The molecule has 1 aromatic carbocycles. The lowest BCUT2D eigenvalue weighted by molar-refractivity contribution is 0.0602. The van der Waals surface area contributed by atoms with E-state index < -0.39 is 5.97 Å². The molecule has 0 aliphatic rings. The molecular formula is C14H15N3O3. The van der Waals surface area contributed by atoms with Crippen molar-refractivity contribution in [3.05, 3.63) is 47.3 Å². The van der Waals surface area contributed by atoms with E-state index in [4.69, 9.17) is 0 Å². The Hall–Kier alpha value is -2.63. The normalized spacial score (nSPS) is 10.2. The molecule has 2 aromatic rings. The van der Waals surface area contributed by atoms with Crippen LogP contribution in [0.2, 0.25) is 0 Å². The molecule has 0 unspecified atom stereocenters. The van der Waals surface area contributed by atoms with Gasteiger partial charge in [-0.15, -0.1) is 0 Å². The Labute approximate surface area is 116 Å². The highest BCUT2D eigenvalue weighted by Gasteiger charge is 2.16. The fourth-order valence-electron chi connectivity index (χ4n) is 1.74. The van der Waals surface area contributed by atoms with E-state index in [1.165, 1.54) is 7.11 Å². The molecule has 1 N–H and O–H groups in total. The lowest BCUT2D eigenvalue weighted by Crippen LogP contribution is -2.16. The molecule has 0 bridgehead atoms. The van der Waals surface area contributed by atoms with E-state index in [0.717, 1.165) is 5.69 Å². The van der Waals surface area contributed by atoms with Crippen molar-refractivity contribution < 1.29 is 14.3 Å². The minimum atomic E-state index is -0.502. The number of amides is 1. The number of carbonyl (C=O) groups is 2. The number of hydrogen-bond acceptors (Lipinski definition) is 4. The molecule has 1 amide bonds. The van der Waals surface area contributed by atoms with E-state index in [1.807, 2.05) is 6.92 Å². The van der Waals surface area contributed by atoms with Crippen LogP contribution in [0.3, 0.4) is 0 Å². The van der Waals surface area contributed by atoms with Crippen LogP contribution in [0.1, 0.15) is 26.5 Å². The van der Waals surface area contributed by atoms with Gasteiger partial charge >= 0.3 is 5.97 Å². The number of hydrogen-bond donors (Lipinski definition) is 1. The summed E-state index contributed by atoms with van der Waals surface area (Å²) in [6.45, 7) is 1.85. The molecule has 0 aliphatic heterocycles. The monoisotopic (exact) mass is 273 g/mol. The third-order valence-corrected chi connectivity index (χ3v) is 2.93. The molecule has 0 spiro atoms. The zero-order valence-corrected chi connectivity index (χ0v) is 11.5. The summed E-state index contributed by atoms with van der Waals surface area (Å²) in [6.07, 6.45) is 0. The Morgan fingerprint density at radius 3 is 2.60 bits per heavy atom. The second kappa shape index (κ2) is 5.56. The average Bonchev–Trinajstić information content (AvgIpc) is 2.78. The van der Waals surface area contributed by atoms with E-state index in [-0.39, 0.29) is 5.91 Å². The summed E-state index contributed by atoms with van der Waals surface area (Å²) in [7, 11) is 3.05.